The Labute approximate surface area is 140 Å². The highest BCUT2D eigenvalue weighted by molar-refractivity contribution is 5.86. The summed E-state index contributed by atoms with van der Waals surface area (Å²) in [6, 6.07) is 6.43. The average molecular weight is 336 g/mol. The molecule has 0 radical (unpaired) electrons. The lowest BCUT2D eigenvalue weighted by molar-refractivity contribution is -0.149. The van der Waals surface area contributed by atoms with Gasteiger partial charge < -0.3 is 15.0 Å². The molecule has 24 heavy (non-hydrogen) atoms. The molecule has 4 rings (SSSR count). The summed E-state index contributed by atoms with van der Waals surface area (Å²) in [6.07, 6.45) is 2.96. The highest BCUT2D eigenvalue weighted by Gasteiger charge is 2.52. The van der Waals surface area contributed by atoms with Crippen LogP contribution in [0.3, 0.4) is 0 Å². The molecule has 6 heteroatoms. The number of carbonyl (C=O) groups excluding carboxylic acids is 1. The number of nitrogens with one attached hydrogen (secondary N) is 1. The van der Waals surface area contributed by atoms with Crippen LogP contribution in [0.15, 0.2) is 24.3 Å². The highest BCUT2D eigenvalue weighted by Crippen LogP contribution is 2.41. The summed E-state index contributed by atoms with van der Waals surface area (Å²) in [5.41, 5.74) is -1.30. The second-order valence-electron chi connectivity index (χ2n) is 7.35. The molecule has 2 saturated heterocycles. The van der Waals surface area contributed by atoms with Crippen LogP contribution in [0.2, 0.25) is 0 Å². The van der Waals surface area contributed by atoms with Crippen LogP contribution in [0.1, 0.15) is 32.1 Å². The van der Waals surface area contributed by atoms with Gasteiger partial charge in [0.1, 0.15) is 5.82 Å². The van der Waals surface area contributed by atoms with Crippen molar-refractivity contribution in [3.63, 3.8) is 0 Å². The molecular formula is C18H22F2N2O2. The number of amides is 1. The van der Waals surface area contributed by atoms with Gasteiger partial charge in [-0.25, -0.2) is 8.78 Å². The molecule has 130 valence electrons. The van der Waals surface area contributed by atoms with Crippen molar-refractivity contribution < 1.29 is 18.3 Å². The number of likely N-dealkylation sites (tertiary alicyclic amines) is 1. The summed E-state index contributed by atoms with van der Waals surface area (Å²) in [7, 11) is 0. The Balaban J connectivity index is 1.37. The zero-order valence-electron chi connectivity index (χ0n) is 13.6. The summed E-state index contributed by atoms with van der Waals surface area (Å²) >= 11 is 0. The number of rotatable bonds is 3. The second-order valence-corrected chi connectivity index (χ2v) is 7.35. The molecule has 1 amide bonds. The molecule has 2 heterocycles. The number of ether oxygens (including phenoxy) is 1. The first-order valence-corrected chi connectivity index (χ1v) is 8.63. The van der Waals surface area contributed by atoms with E-state index in [2.05, 4.69) is 5.32 Å². The maximum atomic E-state index is 14.3. The SMILES string of the molecule is O=C(N1CCC2(CC(Nc3cccc(F)c3)CO2)C1)C1(F)CCC1. The average Bonchev–Trinajstić information content (AvgIpc) is 3.12. The van der Waals surface area contributed by atoms with Gasteiger partial charge >= 0.3 is 0 Å². The lowest BCUT2D eigenvalue weighted by Gasteiger charge is -2.36. The van der Waals surface area contributed by atoms with E-state index in [1.54, 1.807) is 11.0 Å². The van der Waals surface area contributed by atoms with Crippen LogP contribution >= 0.6 is 0 Å². The van der Waals surface area contributed by atoms with Gasteiger partial charge in [-0.05, 0) is 43.9 Å². The van der Waals surface area contributed by atoms with E-state index in [-0.39, 0.29) is 23.4 Å². The van der Waals surface area contributed by atoms with Gasteiger partial charge in [-0.2, -0.15) is 0 Å². The number of benzene rings is 1. The predicted molar refractivity (Wildman–Crippen MR) is 86.0 cm³/mol. The summed E-state index contributed by atoms with van der Waals surface area (Å²) in [4.78, 5) is 14.0. The molecule has 3 fully saturated rings. The highest BCUT2D eigenvalue weighted by atomic mass is 19.1. The largest absolute Gasteiger partial charge is 0.380 e. The Morgan fingerprint density at radius 2 is 2.17 bits per heavy atom. The predicted octanol–water partition coefficient (Wildman–Crippen LogP) is 2.89. The Hall–Kier alpha value is -1.69. The van der Waals surface area contributed by atoms with Gasteiger partial charge in [-0.1, -0.05) is 6.07 Å². The van der Waals surface area contributed by atoms with Gasteiger partial charge in [0.25, 0.3) is 5.91 Å². The van der Waals surface area contributed by atoms with Gasteiger partial charge in [0, 0.05) is 25.2 Å². The second kappa shape index (κ2) is 5.69. The van der Waals surface area contributed by atoms with E-state index in [1.807, 2.05) is 6.07 Å². The zero-order valence-corrected chi connectivity index (χ0v) is 13.6. The smallest absolute Gasteiger partial charge is 0.260 e. The minimum Gasteiger partial charge on any atom is -0.380 e. The van der Waals surface area contributed by atoms with Crippen LogP contribution in [0.4, 0.5) is 14.5 Å². The van der Waals surface area contributed by atoms with E-state index in [0.717, 1.165) is 24.9 Å². The van der Waals surface area contributed by atoms with Crippen LogP contribution in [-0.2, 0) is 9.53 Å². The Kier molecular flexibility index (Phi) is 3.75. The molecule has 1 aromatic carbocycles. The molecule has 1 saturated carbocycles. The molecule has 1 N–H and O–H groups in total. The van der Waals surface area contributed by atoms with Gasteiger partial charge in [0.15, 0.2) is 5.67 Å². The van der Waals surface area contributed by atoms with Crippen molar-refractivity contribution in [2.75, 3.05) is 25.0 Å². The fourth-order valence-corrected chi connectivity index (χ4v) is 4.04. The first-order chi connectivity index (χ1) is 11.5. The van der Waals surface area contributed by atoms with Crippen LogP contribution in [0.5, 0.6) is 0 Å². The third-order valence-corrected chi connectivity index (χ3v) is 5.54. The van der Waals surface area contributed by atoms with Crippen molar-refractivity contribution in [2.24, 2.45) is 0 Å². The van der Waals surface area contributed by atoms with Crippen molar-refractivity contribution in [3.8, 4) is 0 Å². The number of carbonyl (C=O) groups is 1. The van der Waals surface area contributed by atoms with Crippen molar-refractivity contribution in [3.05, 3.63) is 30.1 Å². The summed E-state index contributed by atoms with van der Waals surface area (Å²) < 4.78 is 33.6. The molecule has 2 unspecified atom stereocenters. The number of alkyl halides is 1. The quantitative estimate of drug-likeness (QED) is 0.923. The fourth-order valence-electron chi connectivity index (χ4n) is 4.04. The maximum absolute atomic E-state index is 14.3. The van der Waals surface area contributed by atoms with Gasteiger partial charge in [-0.15, -0.1) is 0 Å². The van der Waals surface area contributed by atoms with Crippen molar-refractivity contribution >= 4 is 11.6 Å². The summed E-state index contributed by atoms with van der Waals surface area (Å²) in [5, 5.41) is 3.29. The number of anilines is 1. The van der Waals surface area contributed by atoms with E-state index in [9.17, 15) is 13.6 Å². The van der Waals surface area contributed by atoms with Crippen molar-refractivity contribution in [1.29, 1.82) is 0 Å². The number of nitrogens with zero attached hydrogens (tertiary/aromatic N) is 1. The van der Waals surface area contributed by atoms with E-state index in [0.29, 0.717) is 32.5 Å². The Bertz CT molecular complexity index is 650. The Morgan fingerprint density at radius 3 is 2.88 bits per heavy atom. The molecule has 2 atom stereocenters. The number of hydrogen-bond donors (Lipinski definition) is 1. The van der Waals surface area contributed by atoms with E-state index in [4.69, 9.17) is 4.74 Å². The normalized spacial score (nSPS) is 31.2. The molecule has 1 spiro atoms. The van der Waals surface area contributed by atoms with Crippen LogP contribution in [0, 0.1) is 5.82 Å². The molecule has 2 aliphatic heterocycles. The van der Waals surface area contributed by atoms with Crippen LogP contribution < -0.4 is 5.32 Å². The number of halogens is 2. The molecule has 1 aliphatic carbocycles. The van der Waals surface area contributed by atoms with E-state index in [1.165, 1.54) is 12.1 Å². The van der Waals surface area contributed by atoms with E-state index < -0.39 is 5.67 Å². The summed E-state index contributed by atoms with van der Waals surface area (Å²) in [6.45, 7) is 1.52. The molecular weight excluding hydrogens is 314 g/mol. The lowest BCUT2D eigenvalue weighted by atomic mass is 9.81. The minimum atomic E-state index is -1.64. The molecule has 3 aliphatic rings. The number of hydrogen-bond acceptors (Lipinski definition) is 3. The lowest BCUT2D eigenvalue weighted by Crippen LogP contribution is -2.50. The molecule has 1 aromatic rings. The molecule has 0 bridgehead atoms. The van der Waals surface area contributed by atoms with Gasteiger partial charge in [-0.3, -0.25) is 4.79 Å². The van der Waals surface area contributed by atoms with Gasteiger partial charge in [0.2, 0.25) is 0 Å². The molecule has 0 aromatic heterocycles. The Morgan fingerprint density at radius 1 is 1.33 bits per heavy atom. The fraction of sp³-hybridized carbons (Fsp3) is 0.611. The monoisotopic (exact) mass is 336 g/mol. The first kappa shape index (κ1) is 15.8. The standard InChI is InChI=1S/C18H22F2N2O2/c19-13-3-1-4-14(9-13)21-15-10-17(24-11-15)7-8-22(12-17)16(23)18(20)5-2-6-18/h1,3-4,9,15,21H,2,5-8,10-12H2. The third kappa shape index (κ3) is 2.77. The van der Waals surface area contributed by atoms with Crippen molar-refractivity contribution in [1.82, 2.24) is 4.90 Å². The zero-order chi connectivity index (χ0) is 16.8. The van der Waals surface area contributed by atoms with Crippen molar-refractivity contribution in [2.45, 2.75) is 49.4 Å². The van der Waals surface area contributed by atoms with Crippen LogP contribution in [0.25, 0.3) is 0 Å². The first-order valence-electron chi connectivity index (χ1n) is 8.63. The van der Waals surface area contributed by atoms with E-state index >= 15 is 0 Å². The minimum absolute atomic E-state index is 0.0740. The maximum Gasteiger partial charge on any atom is 0.260 e. The van der Waals surface area contributed by atoms with Gasteiger partial charge in [0.05, 0.1) is 18.2 Å². The van der Waals surface area contributed by atoms with Crippen LogP contribution in [-0.4, -0.2) is 47.8 Å². The summed E-state index contributed by atoms with van der Waals surface area (Å²) in [5.74, 6) is -0.643. The topological polar surface area (TPSA) is 41.6 Å². The third-order valence-electron chi connectivity index (χ3n) is 5.54. The molecule has 4 nitrogen and oxygen atoms in total.